The van der Waals surface area contributed by atoms with Crippen LogP contribution in [-0.4, -0.2) is 39.1 Å². The maximum atomic E-state index is 13.5. The Balaban J connectivity index is 1.83. The molecule has 2 amide bonds. The minimum atomic E-state index is -0.837. The molecule has 1 atom stereocenters. The molecule has 3 aromatic rings. The van der Waals surface area contributed by atoms with Crippen molar-refractivity contribution in [3.63, 3.8) is 0 Å². The zero-order valence-corrected chi connectivity index (χ0v) is 18.1. The molecular weight excluding hydrogens is 392 g/mol. The van der Waals surface area contributed by atoms with Crippen LogP contribution in [0.5, 0.6) is 5.75 Å². The van der Waals surface area contributed by atoms with E-state index in [0.717, 1.165) is 22.2 Å². The van der Waals surface area contributed by atoms with E-state index in [1.165, 1.54) is 6.08 Å². The number of rotatable bonds is 4. The van der Waals surface area contributed by atoms with Gasteiger partial charge in [0, 0.05) is 29.7 Å². The molecule has 7 nitrogen and oxygen atoms in total. The Kier molecular flexibility index (Phi) is 5.27. The third-order valence-corrected chi connectivity index (χ3v) is 5.11. The molecule has 0 aliphatic carbocycles. The van der Waals surface area contributed by atoms with Gasteiger partial charge in [0.25, 0.3) is 0 Å². The minimum Gasteiger partial charge on any atom is -0.497 e. The van der Waals surface area contributed by atoms with Gasteiger partial charge in [-0.25, -0.2) is 4.68 Å². The number of nitrogens with one attached hydrogen (secondary N) is 1. The molecule has 0 fully saturated rings. The van der Waals surface area contributed by atoms with Crippen molar-refractivity contribution in [3.8, 4) is 5.75 Å². The average molecular weight is 418 g/mol. The van der Waals surface area contributed by atoms with Gasteiger partial charge in [-0.2, -0.15) is 5.10 Å². The van der Waals surface area contributed by atoms with Crippen LogP contribution in [0.4, 0.5) is 0 Å². The summed E-state index contributed by atoms with van der Waals surface area (Å²) in [7, 11) is 1.61. The van der Waals surface area contributed by atoms with Crippen molar-refractivity contribution in [2.24, 2.45) is 0 Å². The van der Waals surface area contributed by atoms with Crippen LogP contribution in [0, 0.1) is 0 Å². The van der Waals surface area contributed by atoms with Gasteiger partial charge in [0.2, 0.25) is 11.8 Å². The van der Waals surface area contributed by atoms with Crippen molar-refractivity contribution in [3.05, 3.63) is 65.9 Å². The molecule has 31 heavy (non-hydrogen) atoms. The molecule has 0 radical (unpaired) electrons. The minimum absolute atomic E-state index is 0.245. The molecule has 2 aromatic carbocycles. The van der Waals surface area contributed by atoms with Crippen molar-refractivity contribution in [1.29, 1.82) is 0 Å². The first kappa shape index (κ1) is 20.7. The predicted molar refractivity (Wildman–Crippen MR) is 119 cm³/mol. The van der Waals surface area contributed by atoms with Gasteiger partial charge in [-0.15, -0.1) is 0 Å². The van der Waals surface area contributed by atoms with E-state index in [-0.39, 0.29) is 18.4 Å². The second-order valence-corrected chi connectivity index (χ2v) is 8.62. The number of fused-ring (bicyclic) bond motifs is 3. The molecular formula is C24H26N4O3. The van der Waals surface area contributed by atoms with E-state index < -0.39 is 11.6 Å². The highest BCUT2D eigenvalue weighted by atomic mass is 16.5. The van der Waals surface area contributed by atoms with Crippen LogP contribution in [0.2, 0.25) is 0 Å². The lowest BCUT2D eigenvalue weighted by Gasteiger charge is -2.32. The summed E-state index contributed by atoms with van der Waals surface area (Å²) in [5.41, 5.74) is 1.89. The van der Waals surface area contributed by atoms with Crippen molar-refractivity contribution < 1.29 is 14.3 Å². The number of carbonyl (C=O) groups excluding carboxylic acids is 2. The first-order valence-corrected chi connectivity index (χ1v) is 10.2. The van der Waals surface area contributed by atoms with E-state index in [4.69, 9.17) is 4.74 Å². The number of nitrogens with zero attached hydrogens (tertiary/aromatic N) is 3. The highest BCUT2D eigenvalue weighted by Crippen LogP contribution is 2.33. The summed E-state index contributed by atoms with van der Waals surface area (Å²) < 4.78 is 6.87. The second-order valence-electron chi connectivity index (χ2n) is 8.62. The maximum absolute atomic E-state index is 13.5. The van der Waals surface area contributed by atoms with Crippen LogP contribution in [0.1, 0.15) is 38.1 Å². The molecule has 7 heteroatoms. The fraction of sp³-hybridized carbons (Fsp3) is 0.292. The smallest absolute Gasteiger partial charge is 0.249 e. The van der Waals surface area contributed by atoms with Crippen molar-refractivity contribution in [2.75, 3.05) is 7.11 Å². The zero-order chi connectivity index (χ0) is 22.2. The predicted octanol–water partition coefficient (Wildman–Crippen LogP) is 3.51. The molecule has 160 valence electrons. The summed E-state index contributed by atoms with van der Waals surface area (Å²) in [5, 5.41) is 8.48. The van der Waals surface area contributed by atoms with Gasteiger partial charge in [-0.05, 0) is 44.5 Å². The van der Waals surface area contributed by atoms with Crippen LogP contribution < -0.4 is 10.1 Å². The third-order valence-electron chi connectivity index (χ3n) is 5.11. The summed E-state index contributed by atoms with van der Waals surface area (Å²) in [6.07, 6.45) is 3.09. The van der Waals surface area contributed by atoms with Crippen LogP contribution in [0.3, 0.4) is 0 Å². The number of carbonyl (C=O) groups is 2. The Labute approximate surface area is 181 Å². The molecule has 0 spiro atoms. The fourth-order valence-corrected chi connectivity index (χ4v) is 3.76. The molecule has 4 rings (SSSR count). The fourth-order valence-electron chi connectivity index (χ4n) is 3.76. The summed E-state index contributed by atoms with van der Waals surface area (Å²) in [4.78, 5) is 28.2. The van der Waals surface area contributed by atoms with E-state index >= 15 is 0 Å². The van der Waals surface area contributed by atoms with E-state index in [9.17, 15) is 9.59 Å². The summed E-state index contributed by atoms with van der Waals surface area (Å²) >= 11 is 0. The zero-order valence-electron chi connectivity index (χ0n) is 18.1. The first-order valence-electron chi connectivity index (χ1n) is 10.2. The number of hydrogen-bond acceptors (Lipinski definition) is 4. The van der Waals surface area contributed by atoms with Crippen molar-refractivity contribution >= 4 is 28.9 Å². The van der Waals surface area contributed by atoms with Gasteiger partial charge >= 0.3 is 0 Å². The Bertz CT molecular complexity index is 1160. The van der Waals surface area contributed by atoms with Crippen molar-refractivity contribution in [1.82, 2.24) is 20.0 Å². The molecule has 1 N–H and O–H groups in total. The average Bonchev–Trinajstić information content (AvgIpc) is 3.02. The molecule has 1 aromatic heterocycles. The van der Waals surface area contributed by atoms with Crippen LogP contribution in [-0.2, 0) is 16.1 Å². The quantitative estimate of drug-likeness (QED) is 0.703. The SMILES string of the molecule is COc1ccc(CN2C(=O)C=Cn3nc4ccccc4c3[C@H]2C(=O)NC(C)(C)C)cc1. The van der Waals surface area contributed by atoms with Gasteiger partial charge in [-0.1, -0.05) is 30.3 Å². The normalized spacial score (nSPS) is 16.2. The van der Waals surface area contributed by atoms with Gasteiger partial charge in [0.05, 0.1) is 18.3 Å². The third kappa shape index (κ3) is 4.17. The highest BCUT2D eigenvalue weighted by molar-refractivity contribution is 5.99. The number of benzene rings is 2. The lowest BCUT2D eigenvalue weighted by molar-refractivity contribution is -0.138. The first-order chi connectivity index (χ1) is 14.8. The number of hydrogen-bond donors (Lipinski definition) is 1. The molecule has 1 aliphatic heterocycles. The molecule has 0 bridgehead atoms. The molecule has 0 unspecified atom stereocenters. The summed E-state index contributed by atoms with van der Waals surface area (Å²) in [6.45, 7) is 6.04. The number of amides is 2. The molecule has 2 heterocycles. The Morgan fingerprint density at radius 3 is 2.52 bits per heavy atom. The second kappa shape index (κ2) is 7.91. The number of ether oxygens (including phenoxy) is 1. The van der Waals surface area contributed by atoms with Gasteiger partial charge < -0.3 is 15.0 Å². The maximum Gasteiger partial charge on any atom is 0.249 e. The van der Waals surface area contributed by atoms with Crippen LogP contribution >= 0.6 is 0 Å². The summed E-state index contributed by atoms with van der Waals surface area (Å²) in [6, 6.07) is 14.3. The highest BCUT2D eigenvalue weighted by Gasteiger charge is 2.37. The Hall–Kier alpha value is -3.61. The lowest BCUT2D eigenvalue weighted by Crippen LogP contribution is -2.48. The van der Waals surface area contributed by atoms with Crippen LogP contribution in [0.25, 0.3) is 17.1 Å². The Morgan fingerprint density at radius 1 is 1.13 bits per heavy atom. The molecule has 1 aliphatic rings. The van der Waals surface area contributed by atoms with Crippen LogP contribution in [0.15, 0.2) is 54.6 Å². The van der Waals surface area contributed by atoms with Gasteiger partial charge in [0.15, 0.2) is 6.04 Å². The number of aromatic nitrogens is 2. The van der Waals surface area contributed by atoms with E-state index in [0.29, 0.717) is 5.69 Å². The van der Waals surface area contributed by atoms with E-state index in [1.807, 2.05) is 69.3 Å². The van der Waals surface area contributed by atoms with Gasteiger partial charge in [-0.3, -0.25) is 9.59 Å². The molecule has 0 saturated carbocycles. The lowest BCUT2D eigenvalue weighted by atomic mass is 10.0. The largest absolute Gasteiger partial charge is 0.497 e. The van der Waals surface area contributed by atoms with E-state index in [1.54, 1.807) is 22.9 Å². The standard InChI is InChI=1S/C24H26N4O3/c1-24(2,3)25-23(30)22-21-18-7-5-6-8-19(18)26-28(21)14-13-20(29)27(22)15-16-9-11-17(31-4)12-10-16/h5-14,22H,15H2,1-4H3,(H,25,30)/t22-/m0/s1. The monoisotopic (exact) mass is 418 g/mol. The number of methoxy groups -OCH3 is 1. The Morgan fingerprint density at radius 2 is 1.84 bits per heavy atom. The molecule has 0 saturated heterocycles. The van der Waals surface area contributed by atoms with Crippen molar-refractivity contribution in [2.45, 2.75) is 38.9 Å². The van der Waals surface area contributed by atoms with E-state index in [2.05, 4.69) is 10.4 Å². The summed E-state index contributed by atoms with van der Waals surface area (Å²) in [5.74, 6) is 0.237. The topological polar surface area (TPSA) is 76.5 Å². The van der Waals surface area contributed by atoms with Gasteiger partial charge in [0.1, 0.15) is 5.75 Å².